The third-order valence-corrected chi connectivity index (χ3v) is 3.91. The molecule has 5 heteroatoms. The van der Waals surface area contributed by atoms with Crippen molar-refractivity contribution in [1.82, 2.24) is 9.62 Å². The van der Waals surface area contributed by atoms with Crippen LogP contribution >= 0.6 is 11.9 Å². The van der Waals surface area contributed by atoms with Gasteiger partial charge in [0.15, 0.2) is 0 Å². The summed E-state index contributed by atoms with van der Waals surface area (Å²) in [6.07, 6.45) is 3.65. The third-order valence-electron chi connectivity index (χ3n) is 2.88. The number of nitrogens with zero attached hydrogens (tertiary/aromatic N) is 1. The van der Waals surface area contributed by atoms with E-state index in [4.69, 9.17) is 0 Å². The Labute approximate surface area is 114 Å². The van der Waals surface area contributed by atoms with Crippen molar-refractivity contribution in [1.29, 1.82) is 0 Å². The molecule has 1 aliphatic carbocycles. The number of carbonyl (C=O) groups excluding carboxylic acids is 2. The summed E-state index contributed by atoms with van der Waals surface area (Å²) >= 11 is 1.69. The highest BCUT2D eigenvalue weighted by Gasteiger charge is 2.34. The quantitative estimate of drug-likeness (QED) is 0.567. The first-order valence-corrected chi connectivity index (χ1v) is 7.26. The van der Waals surface area contributed by atoms with E-state index >= 15 is 0 Å². The first-order valence-electron chi connectivity index (χ1n) is 6.44. The molecule has 18 heavy (non-hydrogen) atoms. The van der Waals surface area contributed by atoms with Crippen molar-refractivity contribution in [3.8, 4) is 0 Å². The lowest BCUT2D eigenvalue weighted by Crippen LogP contribution is -2.37. The van der Waals surface area contributed by atoms with Crippen LogP contribution in [0.1, 0.15) is 40.0 Å². The molecule has 0 saturated heterocycles. The number of rotatable bonds is 7. The molecule has 1 saturated carbocycles. The lowest BCUT2D eigenvalue weighted by Gasteiger charge is -2.25. The summed E-state index contributed by atoms with van der Waals surface area (Å²) in [7, 11) is 1.68. The number of nitrogens with one attached hydrogen (secondary N) is 1. The highest BCUT2D eigenvalue weighted by atomic mass is 32.2. The predicted molar refractivity (Wildman–Crippen MR) is 75.3 cm³/mol. The van der Waals surface area contributed by atoms with Gasteiger partial charge in [-0.1, -0.05) is 11.9 Å². The van der Waals surface area contributed by atoms with Gasteiger partial charge in [0.2, 0.25) is 5.91 Å². The van der Waals surface area contributed by atoms with Crippen LogP contribution in [0.25, 0.3) is 0 Å². The highest BCUT2D eigenvalue weighted by Crippen LogP contribution is 2.36. The Balaban J connectivity index is 2.42. The molecule has 1 N–H and O–H groups in total. The summed E-state index contributed by atoms with van der Waals surface area (Å²) in [5, 5.41) is 0. The number of aldehydes is 1. The van der Waals surface area contributed by atoms with E-state index in [1.807, 2.05) is 0 Å². The molecule has 1 fully saturated rings. The fourth-order valence-electron chi connectivity index (χ4n) is 1.61. The Morgan fingerprint density at radius 1 is 1.50 bits per heavy atom. The number of likely N-dealkylation sites (N-methyl/N-ethyl adjacent to an activating group) is 1. The fraction of sp³-hybridized carbons (Fsp3) is 0.846. The summed E-state index contributed by atoms with van der Waals surface area (Å²) in [4.78, 5) is 23.8. The Morgan fingerprint density at radius 2 is 2.11 bits per heavy atom. The van der Waals surface area contributed by atoms with Gasteiger partial charge in [-0.25, -0.2) is 0 Å². The molecule has 0 spiro atoms. The normalized spacial score (nSPS) is 17.3. The summed E-state index contributed by atoms with van der Waals surface area (Å²) in [5.74, 6) is 0.662. The fourth-order valence-corrected chi connectivity index (χ4v) is 2.39. The second kappa shape index (κ2) is 6.57. The van der Waals surface area contributed by atoms with E-state index in [0.717, 1.165) is 6.29 Å². The van der Waals surface area contributed by atoms with Gasteiger partial charge in [-0.3, -0.25) is 9.52 Å². The Bertz CT molecular complexity index is 298. The van der Waals surface area contributed by atoms with Crippen LogP contribution < -0.4 is 4.72 Å². The summed E-state index contributed by atoms with van der Waals surface area (Å²) in [6.45, 7) is 6.63. The molecule has 0 bridgehead atoms. The molecule has 104 valence electrons. The van der Waals surface area contributed by atoms with Gasteiger partial charge in [-0.2, -0.15) is 0 Å². The molecule has 0 aromatic carbocycles. The van der Waals surface area contributed by atoms with Crippen molar-refractivity contribution in [3.05, 3.63) is 0 Å². The van der Waals surface area contributed by atoms with E-state index in [9.17, 15) is 9.59 Å². The van der Waals surface area contributed by atoms with Crippen molar-refractivity contribution in [2.24, 2.45) is 5.92 Å². The van der Waals surface area contributed by atoms with Crippen molar-refractivity contribution < 1.29 is 9.59 Å². The smallest absolute Gasteiger partial charge is 0.224 e. The molecule has 1 aliphatic rings. The van der Waals surface area contributed by atoms with E-state index < -0.39 is 0 Å². The number of carbonyl (C=O) groups is 2. The monoisotopic (exact) mass is 272 g/mol. The standard InChI is InChI=1S/C13H24N2O2S/c1-13(2,3)18-14-11(10-5-6-10)9-12(17)15(4)7-8-16/h8,10-11,14H,5-7,9H2,1-4H3/t11-/m0/s1. The zero-order chi connectivity index (χ0) is 13.8. The van der Waals surface area contributed by atoms with Gasteiger partial charge in [0.05, 0.1) is 6.54 Å². The zero-order valence-corrected chi connectivity index (χ0v) is 12.5. The number of hydrogen-bond donors (Lipinski definition) is 1. The second-order valence-corrected chi connectivity index (χ2v) is 7.59. The first-order chi connectivity index (χ1) is 8.33. The average Bonchev–Trinajstić information content (AvgIpc) is 3.06. The first kappa shape index (κ1) is 15.5. The number of hydrogen-bond acceptors (Lipinski definition) is 4. The van der Waals surface area contributed by atoms with E-state index in [-0.39, 0.29) is 23.2 Å². The Hall–Kier alpha value is -0.550. The molecular formula is C13H24N2O2S. The minimum absolute atomic E-state index is 0.0426. The van der Waals surface area contributed by atoms with E-state index in [1.54, 1.807) is 19.0 Å². The third kappa shape index (κ3) is 5.87. The average molecular weight is 272 g/mol. The molecule has 1 atom stereocenters. The molecule has 0 aliphatic heterocycles. The van der Waals surface area contributed by atoms with Crippen LogP contribution in [0.15, 0.2) is 0 Å². The van der Waals surface area contributed by atoms with E-state index in [0.29, 0.717) is 12.3 Å². The van der Waals surface area contributed by atoms with Gasteiger partial charge in [0, 0.05) is 24.3 Å². The number of amides is 1. The van der Waals surface area contributed by atoms with E-state index in [2.05, 4.69) is 25.5 Å². The van der Waals surface area contributed by atoms with Crippen LogP contribution in [-0.4, -0.2) is 41.5 Å². The van der Waals surface area contributed by atoms with Gasteiger partial charge in [-0.05, 0) is 39.5 Å². The maximum atomic E-state index is 11.9. The van der Waals surface area contributed by atoms with Gasteiger partial charge in [0.1, 0.15) is 6.29 Å². The Kier molecular flexibility index (Phi) is 5.66. The maximum absolute atomic E-state index is 11.9. The lowest BCUT2D eigenvalue weighted by molar-refractivity contribution is -0.132. The van der Waals surface area contributed by atoms with Crippen molar-refractivity contribution in [3.63, 3.8) is 0 Å². The molecule has 0 unspecified atom stereocenters. The lowest BCUT2D eigenvalue weighted by atomic mass is 10.1. The molecule has 0 heterocycles. The molecule has 1 rings (SSSR count). The summed E-state index contributed by atoms with van der Waals surface area (Å²) in [6, 6.07) is 0.232. The van der Waals surface area contributed by atoms with Gasteiger partial charge in [0.25, 0.3) is 0 Å². The topological polar surface area (TPSA) is 49.4 Å². The largest absolute Gasteiger partial charge is 0.339 e. The van der Waals surface area contributed by atoms with Crippen LogP contribution in [0.4, 0.5) is 0 Å². The van der Waals surface area contributed by atoms with Crippen LogP contribution in [0.3, 0.4) is 0 Å². The zero-order valence-electron chi connectivity index (χ0n) is 11.7. The molecule has 0 aromatic rings. The highest BCUT2D eigenvalue weighted by molar-refractivity contribution is 7.98. The van der Waals surface area contributed by atoms with Crippen LogP contribution in [0, 0.1) is 5.92 Å². The van der Waals surface area contributed by atoms with Crippen LogP contribution in [-0.2, 0) is 9.59 Å². The SMILES string of the molecule is CN(CC=O)C(=O)C[C@H](NSC(C)(C)C)C1CC1. The van der Waals surface area contributed by atoms with Crippen molar-refractivity contribution in [2.45, 2.75) is 50.8 Å². The minimum atomic E-state index is 0.0426. The molecule has 0 aromatic heterocycles. The minimum Gasteiger partial charge on any atom is -0.339 e. The van der Waals surface area contributed by atoms with Crippen LogP contribution in [0.5, 0.6) is 0 Å². The van der Waals surface area contributed by atoms with Crippen LogP contribution in [0.2, 0.25) is 0 Å². The molecule has 4 nitrogen and oxygen atoms in total. The van der Waals surface area contributed by atoms with Gasteiger partial charge >= 0.3 is 0 Å². The predicted octanol–water partition coefficient (Wildman–Crippen LogP) is 1.85. The molecule has 1 amide bonds. The van der Waals surface area contributed by atoms with Gasteiger partial charge < -0.3 is 9.69 Å². The summed E-state index contributed by atoms with van der Waals surface area (Å²) in [5.41, 5.74) is 0. The maximum Gasteiger partial charge on any atom is 0.224 e. The Morgan fingerprint density at radius 3 is 2.56 bits per heavy atom. The molecule has 0 radical (unpaired) electrons. The van der Waals surface area contributed by atoms with Gasteiger partial charge in [-0.15, -0.1) is 0 Å². The second-order valence-electron chi connectivity index (χ2n) is 5.92. The summed E-state index contributed by atoms with van der Waals surface area (Å²) < 4.78 is 3.57. The van der Waals surface area contributed by atoms with E-state index in [1.165, 1.54) is 17.7 Å². The van der Waals surface area contributed by atoms with Crippen molar-refractivity contribution >= 4 is 24.1 Å². The van der Waals surface area contributed by atoms with Crippen molar-refractivity contribution in [2.75, 3.05) is 13.6 Å². The molecular weight excluding hydrogens is 248 g/mol.